The number of nitrogens with one attached hydrogen (secondary N) is 1. The Labute approximate surface area is 113 Å². The Balaban J connectivity index is 2.02. The molecular formula is C15H19N3O. The first-order valence-corrected chi connectivity index (χ1v) is 6.30. The second-order valence-electron chi connectivity index (χ2n) is 4.48. The highest BCUT2D eigenvalue weighted by Crippen LogP contribution is 2.15. The molecule has 0 aliphatic carbocycles. The van der Waals surface area contributed by atoms with Crippen LogP contribution in [0, 0.1) is 0 Å². The Morgan fingerprint density at radius 2 is 1.89 bits per heavy atom. The number of hydrogen-bond acceptors (Lipinski definition) is 4. The van der Waals surface area contributed by atoms with Crippen molar-refractivity contribution in [2.45, 2.75) is 18.9 Å². The quantitative estimate of drug-likeness (QED) is 0.611. The molecule has 0 amide bonds. The molecule has 100 valence electrons. The van der Waals surface area contributed by atoms with Gasteiger partial charge in [-0.3, -0.25) is 16.3 Å². The van der Waals surface area contributed by atoms with E-state index >= 15 is 0 Å². The van der Waals surface area contributed by atoms with Crippen LogP contribution in [0.25, 0.3) is 0 Å². The van der Waals surface area contributed by atoms with Crippen LogP contribution < -0.4 is 16.0 Å². The van der Waals surface area contributed by atoms with Crippen LogP contribution in [0.15, 0.2) is 48.8 Å². The molecule has 4 nitrogen and oxygen atoms in total. The Morgan fingerprint density at radius 3 is 2.58 bits per heavy atom. The smallest absolute Gasteiger partial charge is 0.119 e. The minimum absolute atomic E-state index is 0.189. The van der Waals surface area contributed by atoms with Crippen molar-refractivity contribution < 1.29 is 4.74 Å². The van der Waals surface area contributed by atoms with E-state index in [-0.39, 0.29) is 6.04 Å². The first kappa shape index (κ1) is 13.5. The fraction of sp³-hybridized carbons (Fsp3) is 0.267. The number of rotatable bonds is 6. The summed E-state index contributed by atoms with van der Waals surface area (Å²) in [5.74, 6) is 6.51. The summed E-state index contributed by atoms with van der Waals surface area (Å²) < 4.78 is 5.23. The maximum Gasteiger partial charge on any atom is 0.119 e. The Hall–Kier alpha value is -1.91. The Morgan fingerprint density at radius 1 is 1.16 bits per heavy atom. The standard InChI is InChI=1S/C15H19N3O/c1-19-15-4-2-3-13(11-15)10-14(18-16)9-12-5-7-17-8-6-12/h2-8,11,14,18H,9-10,16H2,1H3. The van der Waals surface area contributed by atoms with E-state index in [0.717, 1.165) is 18.6 Å². The largest absolute Gasteiger partial charge is 0.497 e. The molecule has 4 heteroatoms. The summed E-state index contributed by atoms with van der Waals surface area (Å²) in [6, 6.07) is 12.3. The van der Waals surface area contributed by atoms with Crippen molar-refractivity contribution in [3.63, 3.8) is 0 Å². The van der Waals surface area contributed by atoms with Crippen molar-refractivity contribution in [1.29, 1.82) is 0 Å². The van der Waals surface area contributed by atoms with Gasteiger partial charge in [-0.2, -0.15) is 0 Å². The van der Waals surface area contributed by atoms with Crippen molar-refractivity contribution in [1.82, 2.24) is 10.4 Å². The van der Waals surface area contributed by atoms with E-state index in [4.69, 9.17) is 10.6 Å². The van der Waals surface area contributed by atoms with Gasteiger partial charge >= 0.3 is 0 Å². The highest BCUT2D eigenvalue weighted by atomic mass is 16.5. The highest BCUT2D eigenvalue weighted by molar-refractivity contribution is 5.29. The number of aromatic nitrogens is 1. The molecule has 0 aliphatic heterocycles. The van der Waals surface area contributed by atoms with E-state index in [9.17, 15) is 0 Å². The minimum atomic E-state index is 0.189. The van der Waals surface area contributed by atoms with Gasteiger partial charge in [0, 0.05) is 18.4 Å². The number of nitrogens with two attached hydrogens (primary N) is 1. The molecule has 0 fully saturated rings. The summed E-state index contributed by atoms with van der Waals surface area (Å²) in [6.07, 6.45) is 5.33. The molecule has 1 aromatic heterocycles. The first-order valence-electron chi connectivity index (χ1n) is 6.30. The van der Waals surface area contributed by atoms with Gasteiger partial charge in [0.25, 0.3) is 0 Å². The lowest BCUT2D eigenvalue weighted by Crippen LogP contribution is -2.38. The van der Waals surface area contributed by atoms with Gasteiger partial charge in [-0.1, -0.05) is 12.1 Å². The maximum absolute atomic E-state index is 5.64. The molecule has 0 aliphatic rings. The SMILES string of the molecule is COc1cccc(CC(Cc2ccncc2)NN)c1. The summed E-state index contributed by atoms with van der Waals surface area (Å²) in [4.78, 5) is 4.02. The predicted molar refractivity (Wildman–Crippen MR) is 75.8 cm³/mol. The van der Waals surface area contributed by atoms with Crippen LogP contribution in [0.2, 0.25) is 0 Å². The molecule has 3 N–H and O–H groups in total. The lowest BCUT2D eigenvalue weighted by atomic mass is 10.00. The van der Waals surface area contributed by atoms with Crippen molar-refractivity contribution >= 4 is 0 Å². The van der Waals surface area contributed by atoms with Gasteiger partial charge in [0.15, 0.2) is 0 Å². The van der Waals surface area contributed by atoms with Gasteiger partial charge in [0.05, 0.1) is 7.11 Å². The monoisotopic (exact) mass is 257 g/mol. The third-order valence-corrected chi connectivity index (χ3v) is 3.08. The first-order chi connectivity index (χ1) is 9.31. The summed E-state index contributed by atoms with van der Waals surface area (Å²) >= 11 is 0. The third kappa shape index (κ3) is 4.05. The van der Waals surface area contributed by atoms with Crippen molar-refractivity contribution in [3.05, 3.63) is 59.9 Å². The number of hydrogen-bond donors (Lipinski definition) is 2. The van der Waals surface area contributed by atoms with Crippen molar-refractivity contribution in [2.24, 2.45) is 5.84 Å². The lowest BCUT2D eigenvalue weighted by molar-refractivity contribution is 0.413. The van der Waals surface area contributed by atoms with E-state index in [1.807, 2.05) is 30.3 Å². The second-order valence-corrected chi connectivity index (χ2v) is 4.48. The maximum atomic E-state index is 5.64. The van der Waals surface area contributed by atoms with E-state index in [1.165, 1.54) is 11.1 Å². The molecule has 1 atom stereocenters. The molecule has 0 spiro atoms. The molecule has 1 unspecified atom stereocenters. The average Bonchev–Trinajstić information content (AvgIpc) is 2.48. The van der Waals surface area contributed by atoms with Gasteiger partial charge in [-0.05, 0) is 48.2 Å². The van der Waals surface area contributed by atoms with Crippen molar-refractivity contribution in [2.75, 3.05) is 7.11 Å². The Kier molecular flexibility index (Phi) is 4.89. The fourth-order valence-corrected chi connectivity index (χ4v) is 2.08. The number of nitrogens with zero attached hydrogens (tertiary/aromatic N) is 1. The highest BCUT2D eigenvalue weighted by Gasteiger charge is 2.09. The summed E-state index contributed by atoms with van der Waals surface area (Å²) in [6.45, 7) is 0. The number of pyridine rings is 1. The molecule has 19 heavy (non-hydrogen) atoms. The van der Waals surface area contributed by atoms with Crippen LogP contribution in [0.3, 0.4) is 0 Å². The topological polar surface area (TPSA) is 60.2 Å². The van der Waals surface area contributed by atoms with E-state index < -0.39 is 0 Å². The Bertz CT molecular complexity index is 502. The van der Waals surface area contributed by atoms with Gasteiger partial charge in [-0.15, -0.1) is 0 Å². The molecule has 0 saturated carbocycles. The van der Waals surface area contributed by atoms with Crippen LogP contribution in [0.1, 0.15) is 11.1 Å². The number of methoxy groups -OCH3 is 1. The zero-order chi connectivity index (χ0) is 13.5. The molecule has 1 aromatic carbocycles. The van der Waals surface area contributed by atoms with Crippen molar-refractivity contribution in [3.8, 4) is 5.75 Å². The number of benzene rings is 1. The van der Waals surface area contributed by atoms with E-state index in [1.54, 1.807) is 19.5 Å². The molecule has 0 radical (unpaired) electrons. The van der Waals surface area contributed by atoms with Gasteiger partial charge < -0.3 is 4.74 Å². The number of hydrazine groups is 1. The van der Waals surface area contributed by atoms with Gasteiger partial charge in [0.1, 0.15) is 5.75 Å². The van der Waals surface area contributed by atoms with Crippen LogP contribution in [0.4, 0.5) is 0 Å². The molecular weight excluding hydrogens is 238 g/mol. The molecule has 2 aromatic rings. The van der Waals surface area contributed by atoms with Crippen LogP contribution in [0.5, 0.6) is 5.75 Å². The third-order valence-electron chi connectivity index (χ3n) is 3.08. The molecule has 2 rings (SSSR count). The second kappa shape index (κ2) is 6.87. The van der Waals surface area contributed by atoms with Gasteiger partial charge in [0.2, 0.25) is 0 Å². The van der Waals surface area contributed by atoms with E-state index in [2.05, 4.69) is 16.5 Å². The zero-order valence-electron chi connectivity index (χ0n) is 11.0. The average molecular weight is 257 g/mol. The van der Waals surface area contributed by atoms with Crippen LogP contribution in [-0.4, -0.2) is 18.1 Å². The molecule has 1 heterocycles. The van der Waals surface area contributed by atoms with Gasteiger partial charge in [-0.25, -0.2) is 0 Å². The summed E-state index contributed by atoms with van der Waals surface area (Å²) in [7, 11) is 1.68. The predicted octanol–water partition coefficient (Wildman–Crippen LogP) is 1.71. The normalized spacial score (nSPS) is 12.1. The van der Waals surface area contributed by atoms with Crippen LogP contribution >= 0.6 is 0 Å². The summed E-state index contributed by atoms with van der Waals surface area (Å²) in [5.41, 5.74) is 5.30. The zero-order valence-corrected chi connectivity index (χ0v) is 11.0. The molecule has 0 saturated heterocycles. The van der Waals surface area contributed by atoms with E-state index in [0.29, 0.717) is 0 Å². The summed E-state index contributed by atoms with van der Waals surface area (Å²) in [5, 5.41) is 0. The number of ether oxygens (including phenoxy) is 1. The molecule has 0 bridgehead atoms. The fourth-order valence-electron chi connectivity index (χ4n) is 2.08. The lowest BCUT2D eigenvalue weighted by Gasteiger charge is -2.16. The van der Waals surface area contributed by atoms with Crippen LogP contribution in [-0.2, 0) is 12.8 Å². The minimum Gasteiger partial charge on any atom is -0.497 e.